The van der Waals surface area contributed by atoms with Crippen molar-refractivity contribution >= 4 is 17.1 Å². The molecule has 0 radical (unpaired) electrons. The molecular formula is C23H27FN4O3. The largest absolute Gasteiger partial charge is 0.497 e. The number of ether oxygens (including phenoxy) is 1. The number of hydrogen-bond donors (Lipinski definition) is 4. The molecule has 1 fully saturated rings. The lowest BCUT2D eigenvalue weighted by Crippen LogP contribution is -2.45. The molecule has 1 aliphatic rings. The lowest BCUT2D eigenvalue weighted by molar-refractivity contribution is 0.117. The standard InChI is InChI=1S/C23H27FN4O3/c1-31-17-11-5-14(6-12-17)13-20(22-26-19-4-2-3-18(24)21(19)28-22)27-23(30)25-15-7-9-16(29)10-8-15/h2-6,11-12,15-16,20,29H,7-10,13H2,1H3,(H,26,28)(H2,25,27,30)/t15-,16-,20-/m1/s1. The van der Waals surface area contributed by atoms with Gasteiger partial charge in [-0.1, -0.05) is 18.2 Å². The molecule has 3 aromatic rings. The number of halogens is 1. The number of H-pyrrole nitrogens is 1. The van der Waals surface area contributed by atoms with E-state index in [0.717, 1.165) is 24.2 Å². The molecule has 0 bridgehead atoms. The molecule has 4 rings (SSSR count). The molecule has 0 spiro atoms. The normalized spacial score (nSPS) is 19.7. The van der Waals surface area contributed by atoms with Crippen LogP contribution in [-0.4, -0.2) is 40.4 Å². The Balaban J connectivity index is 1.53. The number of carbonyl (C=O) groups is 1. The summed E-state index contributed by atoms with van der Waals surface area (Å²) in [4.78, 5) is 20.3. The summed E-state index contributed by atoms with van der Waals surface area (Å²) in [6, 6.07) is 11.6. The highest BCUT2D eigenvalue weighted by molar-refractivity contribution is 5.77. The molecule has 2 aromatic carbocycles. The van der Waals surface area contributed by atoms with Gasteiger partial charge in [0.2, 0.25) is 0 Å². The van der Waals surface area contributed by atoms with Gasteiger partial charge in [0.15, 0.2) is 5.82 Å². The van der Waals surface area contributed by atoms with E-state index in [4.69, 9.17) is 4.74 Å². The number of imidazole rings is 1. The number of aliphatic hydroxyl groups is 1. The number of carbonyl (C=O) groups excluding carboxylic acids is 1. The Morgan fingerprint density at radius 1 is 1.23 bits per heavy atom. The second-order valence-electron chi connectivity index (χ2n) is 7.99. The first-order valence-electron chi connectivity index (χ1n) is 10.5. The van der Waals surface area contributed by atoms with Crippen LogP contribution in [0.2, 0.25) is 0 Å². The van der Waals surface area contributed by atoms with Crippen LogP contribution in [0.15, 0.2) is 42.5 Å². The summed E-state index contributed by atoms with van der Waals surface area (Å²) in [5.74, 6) is 0.829. The minimum atomic E-state index is -0.477. The Hall–Kier alpha value is -3.13. The van der Waals surface area contributed by atoms with E-state index in [1.807, 2.05) is 24.3 Å². The molecule has 1 heterocycles. The minimum Gasteiger partial charge on any atom is -0.497 e. The molecule has 1 saturated carbocycles. The maximum absolute atomic E-state index is 14.2. The molecule has 164 valence electrons. The maximum Gasteiger partial charge on any atom is 0.315 e. The van der Waals surface area contributed by atoms with E-state index in [9.17, 15) is 14.3 Å². The predicted molar refractivity (Wildman–Crippen MR) is 115 cm³/mol. The second-order valence-corrected chi connectivity index (χ2v) is 7.99. The molecule has 8 heteroatoms. The zero-order chi connectivity index (χ0) is 21.8. The first-order valence-corrected chi connectivity index (χ1v) is 10.5. The van der Waals surface area contributed by atoms with Gasteiger partial charge >= 0.3 is 6.03 Å². The summed E-state index contributed by atoms with van der Waals surface area (Å²) < 4.78 is 19.4. The van der Waals surface area contributed by atoms with Crippen LogP contribution in [-0.2, 0) is 6.42 Å². The van der Waals surface area contributed by atoms with Crippen LogP contribution in [0.3, 0.4) is 0 Å². The van der Waals surface area contributed by atoms with E-state index < -0.39 is 11.9 Å². The quantitative estimate of drug-likeness (QED) is 0.484. The molecule has 0 unspecified atom stereocenters. The third kappa shape index (κ3) is 5.14. The van der Waals surface area contributed by atoms with Gasteiger partial charge in [0, 0.05) is 6.04 Å². The lowest BCUT2D eigenvalue weighted by atomic mass is 9.93. The number of fused-ring (bicyclic) bond motifs is 1. The minimum absolute atomic E-state index is 0.0261. The number of rotatable bonds is 6. The van der Waals surface area contributed by atoms with Crippen molar-refractivity contribution in [3.63, 3.8) is 0 Å². The summed E-state index contributed by atoms with van der Waals surface area (Å²) in [6.45, 7) is 0. The smallest absolute Gasteiger partial charge is 0.315 e. The van der Waals surface area contributed by atoms with Crippen molar-refractivity contribution in [1.82, 2.24) is 20.6 Å². The summed E-state index contributed by atoms with van der Waals surface area (Å²) >= 11 is 0. The van der Waals surface area contributed by atoms with E-state index in [1.165, 1.54) is 6.07 Å². The Bertz CT molecular complexity index is 1030. The van der Waals surface area contributed by atoms with Crippen molar-refractivity contribution < 1.29 is 19.0 Å². The number of hydrogen-bond acceptors (Lipinski definition) is 4. The van der Waals surface area contributed by atoms with Gasteiger partial charge in [-0.15, -0.1) is 0 Å². The van der Waals surface area contributed by atoms with Gasteiger partial charge in [0.1, 0.15) is 17.1 Å². The van der Waals surface area contributed by atoms with Crippen molar-refractivity contribution in [2.45, 2.75) is 50.3 Å². The van der Waals surface area contributed by atoms with Gasteiger partial charge in [-0.05, 0) is 61.9 Å². The summed E-state index contributed by atoms with van der Waals surface area (Å²) in [7, 11) is 1.61. The Labute approximate surface area is 180 Å². The molecule has 7 nitrogen and oxygen atoms in total. The number of nitrogens with zero attached hydrogens (tertiary/aromatic N) is 1. The molecule has 2 amide bonds. The van der Waals surface area contributed by atoms with E-state index >= 15 is 0 Å². The van der Waals surface area contributed by atoms with Crippen molar-refractivity contribution in [3.8, 4) is 5.75 Å². The van der Waals surface area contributed by atoms with Crippen molar-refractivity contribution in [3.05, 3.63) is 59.7 Å². The first kappa shape index (κ1) is 21.1. The average Bonchev–Trinajstić information content (AvgIpc) is 3.21. The Kier molecular flexibility index (Phi) is 6.36. The number of para-hydroxylation sites is 1. The number of benzene rings is 2. The number of aromatic nitrogens is 2. The van der Waals surface area contributed by atoms with Crippen LogP contribution in [0.25, 0.3) is 11.0 Å². The monoisotopic (exact) mass is 426 g/mol. The zero-order valence-corrected chi connectivity index (χ0v) is 17.4. The fraction of sp³-hybridized carbons (Fsp3) is 0.391. The molecule has 1 aromatic heterocycles. The van der Waals surface area contributed by atoms with Crippen molar-refractivity contribution in [1.29, 1.82) is 0 Å². The second kappa shape index (κ2) is 9.34. The van der Waals surface area contributed by atoms with Crippen LogP contribution in [0, 0.1) is 5.82 Å². The van der Waals surface area contributed by atoms with Gasteiger partial charge in [0.05, 0.1) is 24.8 Å². The van der Waals surface area contributed by atoms with Gasteiger partial charge in [-0.2, -0.15) is 0 Å². The highest BCUT2D eigenvalue weighted by Gasteiger charge is 2.24. The predicted octanol–water partition coefficient (Wildman–Crippen LogP) is 3.60. The van der Waals surface area contributed by atoms with Crippen LogP contribution in [0.1, 0.15) is 43.1 Å². The van der Waals surface area contributed by atoms with E-state index in [0.29, 0.717) is 30.6 Å². The number of aromatic amines is 1. The summed E-state index contributed by atoms with van der Waals surface area (Å²) in [5, 5.41) is 15.6. The SMILES string of the molecule is COc1ccc(C[C@@H](NC(=O)N[C@H]2CC[C@H](O)CC2)c2nc3c(F)cccc3[nH]2)cc1. The topological polar surface area (TPSA) is 99.3 Å². The van der Waals surface area contributed by atoms with Crippen molar-refractivity contribution in [2.24, 2.45) is 0 Å². The van der Waals surface area contributed by atoms with Gasteiger partial charge in [-0.3, -0.25) is 0 Å². The molecule has 1 atom stereocenters. The number of amides is 2. The Morgan fingerprint density at radius 3 is 2.65 bits per heavy atom. The summed E-state index contributed by atoms with van der Waals surface area (Å²) in [5.41, 5.74) is 1.81. The first-order chi connectivity index (χ1) is 15.0. The maximum atomic E-state index is 14.2. The van der Waals surface area contributed by atoms with Crippen LogP contribution in [0.4, 0.5) is 9.18 Å². The average molecular weight is 426 g/mol. The fourth-order valence-electron chi connectivity index (χ4n) is 4.00. The van der Waals surface area contributed by atoms with Crippen LogP contribution < -0.4 is 15.4 Å². The van der Waals surface area contributed by atoms with Gasteiger partial charge < -0.3 is 25.5 Å². The molecule has 4 N–H and O–H groups in total. The molecule has 0 saturated heterocycles. The third-order valence-electron chi connectivity index (χ3n) is 5.75. The number of methoxy groups -OCH3 is 1. The van der Waals surface area contributed by atoms with E-state index in [2.05, 4.69) is 20.6 Å². The Morgan fingerprint density at radius 2 is 1.97 bits per heavy atom. The zero-order valence-electron chi connectivity index (χ0n) is 17.4. The highest BCUT2D eigenvalue weighted by atomic mass is 19.1. The fourth-order valence-corrected chi connectivity index (χ4v) is 4.00. The molecular weight excluding hydrogens is 399 g/mol. The number of urea groups is 1. The van der Waals surface area contributed by atoms with E-state index in [1.54, 1.807) is 19.2 Å². The number of aliphatic hydroxyl groups excluding tert-OH is 1. The molecule has 0 aliphatic heterocycles. The van der Waals surface area contributed by atoms with Gasteiger partial charge in [0.25, 0.3) is 0 Å². The third-order valence-corrected chi connectivity index (χ3v) is 5.75. The van der Waals surface area contributed by atoms with E-state index in [-0.39, 0.29) is 23.7 Å². The summed E-state index contributed by atoms with van der Waals surface area (Å²) in [6.07, 6.45) is 3.05. The highest BCUT2D eigenvalue weighted by Crippen LogP contribution is 2.23. The molecule has 1 aliphatic carbocycles. The van der Waals surface area contributed by atoms with Crippen LogP contribution >= 0.6 is 0 Å². The van der Waals surface area contributed by atoms with Crippen LogP contribution in [0.5, 0.6) is 5.75 Å². The lowest BCUT2D eigenvalue weighted by Gasteiger charge is -2.27. The molecule has 31 heavy (non-hydrogen) atoms. The number of nitrogens with one attached hydrogen (secondary N) is 3. The van der Waals surface area contributed by atoms with Crippen molar-refractivity contribution in [2.75, 3.05) is 7.11 Å². The van der Waals surface area contributed by atoms with Gasteiger partial charge in [-0.25, -0.2) is 14.2 Å².